The molecule has 25 atom stereocenters. The van der Waals surface area contributed by atoms with Crippen LogP contribution in [0.1, 0.15) is 107 Å². The number of rotatable bonds is 11. The van der Waals surface area contributed by atoms with Crippen LogP contribution in [0.2, 0.25) is 0 Å². The molecule has 4 saturated carbocycles. The number of hydrogen-bond donors (Lipinski definition) is 11. The lowest BCUT2D eigenvalue weighted by molar-refractivity contribution is -0.381. The molecule has 5 aliphatic carbocycles. The molecule has 11 N–H and O–H groups in total. The zero-order valence-corrected chi connectivity index (χ0v) is 43.0. The molecule has 8 aliphatic rings. The van der Waals surface area contributed by atoms with Gasteiger partial charge in [0.15, 0.2) is 18.9 Å². The van der Waals surface area contributed by atoms with Crippen LogP contribution in [0.25, 0.3) is 0 Å². The molecule has 3 aliphatic heterocycles. The molecule has 21 heteroatoms. The van der Waals surface area contributed by atoms with Crippen LogP contribution in [0.5, 0.6) is 0 Å². The Kier molecular flexibility index (Phi) is 15.7. The minimum absolute atomic E-state index is 0.0339. The van der Waals surface area contributed by atoms with Gasteiger partial charge in [-0.2, -0.15) is 0 Å². The fraction of sp³-hybridized carbons (Fsp3) is 0.922. The number of esters is 2. The van der Waals surface area contributed by atoms with Gasteiger partial charge in [-0.1, -0.05) is 60.1 Å². The van der Waals surface area contributed by atoms with E-state index in [9.17, 15) is 65.8 Å². The van der Waals surface area contributed by atoms with Gasteiger partial charge in [-0.05, 0) is 84.4 Å². The second kappa shape index (κ2) is 20.1. The highest BCUT2D eigenvalue weighted by molar-refractivity contribution is 5.68. The van der Waals surface area contributed by atoms with Gasteiger partial charge in [0.1, 0.15) is 79.4 Å². The normalized spacial score (nSPS) is 51.8. The Bertz CT molecular complexity index is 2000. The summed E-state index contributed by atoms with van der Waals surface area (Å²) >= 11 is 0. The molecule has 0 spiro atoms. The third-order valence-corrected chi connectivity index (χ3v) is 19.8. The summed E-state index contributed by atoms with van der Waals surface area (Å²) in [7, 11) is 0. The number of aliphatic hydroxyl groups is 11. The third kappa shape index (κ3) is 8.92. The molecule has 0 amide bonds. The standard InChI is InChI=1S/C51H82O21/c1-22(54)67-41-42(68-23(2)55)51(21-53)25(16-46(41,3)4)24-10-11-30-48(7)14-13-32(47(5,6)29(48)12-15-49(30,8)50(24,9)17-31(51)57)71-45-40(72-44-39(64)36(61)34(59)27(18-52)69-44)37(62)35(60)28(70-45)20-66-43-38(63)33(58)26(56)19-65-43/h10,25-45,52-53,56-64H,11-21H2,1-9H3/t25-,26+,27-,28-,29+,30-,31-,32+,33+,34-,35-,36+,37+,38-,39-,40-,41+,42+,43-,44+,45+,48+,49-,50-,51+/m1/s1. The van der Waals surface area contributed by atoms with Crippen molar-refractivity contribution in [1.29, 1.82) is 0 Å². The van der Waals surface area contributed by atoms with Gasteiger partial charge in [0.25, 0.3) is 0 Å². The van der Waals surface area contributed by atoms with Crippen molar-refractivity contribution in [2.45, 2.75) is 218 Å². The number of fused-ring (bicyclic) bond motifs is 7. The summed E-state index contributed by atoms with van der Waals surface area (Å²) in [4.78, 5) is 25.3. The van der Waals surface area contributed by atoms with Crippen LogP contribution >= 0.6 is 0 Å². The summed E-state index contributed by atoms with van der Waals surface area (Å²) in [6.45, 7) is 15.5. The first kappa shape index (κ1) is 56.2. The van der Waals surface area contributed by atoms with Gasteiger partial charge in [0.2, 0.25) is 0 Å². The Morgan fingerprint density at radius 3 is 1.94 bits per heavy atom. The molecular formula is C51H82O21. The predicted molar refractivity (Wildman–Crippen MR) is 247 cm³/mol. The van der Waals surface area contributed by atoms with E-state index in [1.807, 2.05) is 13.8 Å². The largest absolute Gasteiger partial charge is 0.458 e. The molecule has 8 rings (SSSR count). The van der Waals surface area contributed by atoms with Crippen molar-refractivity contribution < 1.29 is 104 Å². The third-order valence-electron chi connectivity index (χ3n) is 19.8. The van der Waals surface area contributed by atoms with Crippen molar-refractivity contribution in [1.82, 2.24) is 0 Å². The maximum absolute atomic E-state index is 12.8. The summed E-state index contributed by atoms with van der Waals surface area (Å²) < 4.78 is 48.1. The average Bonchev–Trinajstić information content (AvgIpc) is 3.30. The highest BCUT2D eigenvalue weighted by Gasteiger charge is 2.74. The number of ether oxygens (including phenoxy) is 8. The molecule has 72 heavy (non-hydrogen) atoms. The van der Waals surface area contributed by atoms with Crippen LogP contribution in [0, 0.1) is 50.2 Å². The number of allylic oxidation sites excluding steroid dienone is 2. The maximum Gasteiger partial charge on any atom is 0.303 e. The van der Waals surface area contributed by atoms with E-state index in [0.29, 0.717) is 25.7 Å². The molecule has 412 valence electrons. The van der Waals surface area contributed by atoms with Crippen LogP contribution in [0.3, 0.4) is 0 Å². The monoisotopic (exact) mass is 1030 g/mol. The fourth-order valence-corrected chi connectivity index (χ4v) is 15.7. The van der Waals surface area contributed by atoms with Crippen molar-refractivity contribution in [3.05, 3.63) is 11.6 Å². The van der Waals surface area contributed by atoms with Gasteiger partial charge < -0.3 is 94.1 Å². The Morgan fingerprint density at radius 1 is 0.681 bits per heavy atom. The molecule has 0 radical (unpaired) electrons. The molecule has 3 saturated heterocycles. The molecule has 0 aromatic rings. The van der Waals surface area contributed by atoms with Crippen LogP contribution in [0.15, 0.2) is 11.6 Å². The molecule has 7 fully saturated rings. The first-order chi connectivity index (χ1) is 33.5. The molecular weight excluding hydrogens is 949 g/mol. The molecule has 0 aromatic heterocycles. The van der Waals surface area contributed by atoms with Crippen LogP contribution in [-0.4, -0.2) is 205 Å². The predicted octanol–water partition coefficient (Wildman–Crippen LogP) is -0.693. The minimum atomic E-state index is -1.86. The summed E-state index contributed by atoms with van der Waals surface area (Å²) in [5.41, 5.74) is -2.76. The summed E-state index contributed by atoms with van der Waals surface area (Å²) in [5.74, 6) is -1.44. The van der Waals surface area contributed by atoms with Gasteiger partial charge in [-0.15, -0.1) is 0 Å². The lowest BCUT2D eigenvalue weighted by Crippen LogP contribution is -2.72. The first-order valence-electron chi connectivity index (χ1n) is 25.8. The number of hydrogen-bond acceptors (Lipinski definition) is 21. The maximum atomic E-state index is 12.8. The molecule has 21 nitrogen and oxygen atoms in total. The summed E-state index contributed by atoms with van der Waals surface area (Å²) in [6, 6.07) is 0. The van der Waals surface area contributed by atoms with E-state index >= 15 is 0 Å². The van der Waals surface area contributed by atoms with Gasteiger partial charge >= 0.3 is 11.9 Å². The SMILES string of the molecule is CC(=O)O[C@H]1[C@H](OC(C)=O)[C@]2(CO)[C@H](O)C[C@]3(C)C(=CC[C@@H]4[C@@]5(C)CC[C@H](O[C@@H]6O[C@H](CO[C@H]7OC[C@H](O)[C@H](O)[C@H]7O)[C@@H](O)[C@H](O)[C@H]6O[C@@H]6O[C@H](CO)[C@@H](O)[C@H](O)[C@H]6O)C(C)(C)[C@@H]5CC[C@]43C)[C@H]2CC1(C)C. The average molecular weight is 1030 g/mol. The van der Waals surface area contributed by atoms with E-state index in [-0.39, 0.29) is 35.7 Å². The van der Waals surface area contributed by atoms with E-state index in [2.05, 4.69) is 40.7 Å². The topological polar surface area (TPSA) is 331 Å². The lowest BCUT2D eigenvalue weighted by Gasteiger charge is -2.72. The highest BCUT2D eigenvalue weighted by Crippen LogP contribution is 2.76. The minimum Gasteiger partial charge on any atom is -0.458 e. The van der Waals surface area contributed by atoms with Crippen LogP contribution in [0.4, 0.5) is 0 Å². The smallest absolute Gasteiger partial charge is 0.303 e. The molecule has 0 aromatic carbocycles. The summed E-state index contributed by atoms with van der Waals surface area (Å²) in [6.07, 6.45) is -19.8. The number of aliphatic hydroxyl groups excluding tert-OH is 11. The van der Waals surface area contributed by atoms with Gasteiger partial charge in [-0.25, -0.2) is 0 Å². The van der Waals surface area contributed by atoms with Crippen molar-refractivity contribution in [3.63, 3.8) is 0 Å². The fourth-order valence-electron chi connectivity index (χ4n) is 15.7. The van der Waals surface area contributed by atoms with E-state index in [0.717, 1.165) is 18.4 Å². The molecule has 0 unspecified atom stereocenters. The van der Waals surface area contributed by atoms with E-state index in [4.69, 9.17) is 37.9 Å². The first-order valence-corrected chi connectivity index (χ1v) is 25.8. The molecule has 0 bridgehead atoms. The van der Waals surface area contributed by atoms with Crippen molar-refractivity contribution >= 4 is 11.9 Å². The quantitative estimate of drug-likeness (QED) is 0.0693. The zero-order chi connectivity index (χ0) is 53.0. The van der Waals surface area contributed by atoms with Gasteiger partial charge in [0.05, 0.1) is 44.1 Å². The van der Waals surface area contributed by atoms with Gasteiger partial charge in [0, 0.05) is 19.3 Å². The second-order valence-electron chi connectivity index (χ2n) is 24.5. The summed E-state index contributed by atoms with van der Waals surface area (Å²) in [5, 5.41) is 120. The second-order valence-corrected chi connectivity index (χ2v) is 24.5. The van der Waals surface area contributed by atoms with Gasteiger partial charge in [-0.3, -0.25) is 9.59 Å². The lowest BCUT2D eigenvalue weighted by atomic mass is 9.33. The van der Waals surface area contributed by atoms with Crippen molar-refractivity contribution in [2.24, 2.45) is 50.2 Å². The van der Waals surface area contributed by atoms with E-state index in [1.54, 1.807) is 0 Å². The Morgan fingerprint density at radius 2 is 1.31 bits per heavy atom. The number of carbonyl (C=O) groups excluding carboxylic acids is 2. The van der Waals surface area contributed by atoms with Crippen LogP contribution in [-0.2, 0) is 47.5 Å². The van der Waals surface area contributed by atoms with E-state index < -0.39 is 170 Å². The molecule has 3 heterocycles. The number of carbonyl (C=O) groups is 2. The van der Waals surface area contributed by atoms with Crippen LogP contribution < -0.4 is 0 Å². The Labute approximate surface area is 420 Å². The Hall–Kier alpha value is -2.00. The highest BCUT2D eigenvalue weighted by atomic mass is 16.8. The van der Waals surface area contributed by atoms with Crippen molar-refractivity contribution in [2.75, 3.05) is 26.4 Å². The zero-order valence-electron chi connectivity index (χ0n) is 43.0. The van der Waals surface area contributed by atoms with Crippen molar-refractivity contribution in [3.8, 4) is 0 Å². The Balaban J connectivity index is 1.08. The van der Waals surface area contributed by atoms with E-state index in [1.165, 1.54) is 13.8 Å².